The molecule has 1 rings (SSSR count). The van der Waals surface area contributed by atoms with Crippen LogP contribution in [0.2, 0.25) is 0 Å². The zero-order chi connectivity index (χ0) is 13.1. The van der Waals surface area contributed by atoms with Crippen LogP contribution in [0.25, 0.3) is 0 Å². The fourth-order valence-electron chi connectivity index (χ4n) is 1.37. The molecule has 0 bridgehead atoms. The highest BCUT2D eigenvalue weighted by Gasteiger charge is 2.19. The molecule has 3 radical (unpaired) electrons. The van der Waals surface area contributed by atoms with Crippen LogP contribution in [0.4, 0.5) is 0 Å². The van der Waals surface area contributed by atoms with Gasteiger partial charge in [-0.15, -0.1) is 0 Å². The number of amides is 1. The molecule has 1 amide bonds. The molecule has 0 atom stereocenters. The lowest BCUT2D eigenvalue weighted by molar-refractivity contribution is -0.135. The summed E-state index contributed by atoms with van der Waals surface area (Å²) in [5, 5.41) is 0. The molecule has 0 N–H and O–H groups in total. The molecule has 1 fully saturated rings. The largest absolute Gasteiger partial charge is 0.340 e. The number of carbonyl (C=O) groups excluding carboxylic acids is 1. The number of hydrogen-bond acceptors (Lipinski definition) is 1. The van der Waals surface area contributed by atoms with E-state index in [1.165, 1.54) is 6.42 Å². The normalized spacial score (nSPS) is 14.4. The second-order valence-electron chi connectivity index (χ2n) is 4.87. The molecule has 0 aromatic rings. The Kier molecular flexibility index (Phi) is 17.4. The third-order valence-electron chi connectivity index (χ3n) is 1.98. The number of carbonyl (C=O) groups is 1. The molecular formula is C14H31BNO. The Balaban J connectivity index is -0.000000242. The van der Waals surface area contributed by atoms with Crippen molar-refractivity contribution in [1.82, 2.24) is 4.90 Å². The van der Waals surface area contributed by atoms with E-state index in [9.17, 15) is 4.79 Å². The first-order valence-electron chi connectivity index (χ1n) is 6.74. The predicted octanol–water partition coefficient (Wildman–Crippen LogP) is 3.72. The Hall–Kier alpha value is -0.465. The first-order chi connectivity index (χ1) is 7.45. The van der Waals surface area contributed by atoms with Crippen molar-refractivity contribution < 1.29 is 4.79 Å². The summed E-state index contributed by atoms with van der Waals surface area (Å²) < 4.78 is 0. The topological polar surface area (TPSA) is 20.3 Å². The first-order valence-corrected chi connectivity index (χ1v) is 6.74. The molecule has 101 valence electrons. The summed E-state index contributed by atoms with van der Waals surface area (Å²) in [4.78, 5) is 13.1. The second-order valence-corrected chi connectivity index (χ2v) is 4.87. The lowest BCUT2D eigenvalue weighted by Gasteiger charge is -2.30. The minimum atomic E-state index is 0. The highest BCUT2D eigenvalue weighted by molar-refractivity contribution is 5.77. The quantitative estimate of drug-likeness (QED) is 0.640. The molecule has 0 aromatic heterocycles. The van der Waals surface area contributed by atoms with Crippen LogP contribution < -0.4 is 0 Å². The summed E-state index contributed by atoms with van der Waals surface area (Å²) >= 11 is 0. The maximum Gasteiger partial charge on any atom is 0.222 e. The van der Waals surface area contributed by atoms with Crippen LogP contribution >= 0.6 is 0 Å². The van der Waals surface area contributed by atoms with E-state index in [4.69, 9.17) is 0 Å². The Labute approximate surface area is 111 Å². The van der Waals surface area contributed by atoms with Gasteiger partial charge in [-0.3, -0.25) is 4.79 Å². The van der Waals surface area contributed by atoms with Gasteiger partial charge in [0.15, 0.2) is 0 Å². The van der Waals surface area contributed by atoms with Crippen molar-refractivity contribution in [2.75, 3.05) is 6.54 Å². The van der Waals surface area contributed by atoms with E-state index in [-0.39, 0.29) is 8.41 Å². The number of likely N-dealkylation sites (tertiary alicyclic amines) is 1. The van der Waals surface area contributed by atoms with Gasteiger partial charge in [0.25, 0.3) is 0 Å². The maximum atomic E-state index is 11.2. The van der Waals surface area contributed by atoms with Gasteiger partial charge < -0.3 is 4.90 Å². The lowest BCUT2D eigenvalue weighted by Crippen LogP contribution is -2.40. The van der Waals surface area contributed by atoms with Gasteiger partial charge in [0.2, 0.25) is 5.91 Å². The van der Waals surface area contributed by atoms with Crippen molar-refractivity contribution >= 4 is 14.3 Å². The highest BCUT2D eigenvalue weighted by atomic mass is 16.2. The van der Waals surface area contributed by atoms with Crippen molar-refractivity contribution in [3.05, 3.63) is 0 Å². The molecule has 2 nitrogen and oxygen atoms in total. The molecule has 0 aromatic carbocycles. The second kappa shape index (κ2) is 13.6. The average Bonchev–Trinajstić information content (AvgIpc) is 2.20. The smallest absolute Gasteiger partial charge is 0.222 e. The van der Waals surface area contributed by atoms with Crippen LogP contribution in [0.3, 0.4) is 0 Å². The molecule has 1 aliphatic heterocycles. The van der Waals surface area contributed by atoms with Gasteiger partial charge in [-0.25, -0.2) is 0 Å². The van der Waals surface area contributed by atoms with Gasteiger partial charge in [-0.1, -0.05) is 34.6 Å². The maximum absolute atomic E-state index is 11.2. The minimum Gasteiger partial charge on any atom is -0.340 e. The fourth-order valence-corrected chi connectivity index (χ4v) is 1.37. The molecule has 1 saturated heterocycles. The van der Waals surface area contributed by atoms with E-state index in [1.807, 2.05) is 18.7 Å². The van der Waals surface area contributed by atoms with Crippen LogP contribution in [0.1, 0.15) is 67.7 Å². The van der Waals surface area contributed by atoms with Crippen LogP contribution in [0.5, 0.6) is 0 Å². The SMILES string of the molecule is CC.CC(C)C.CC(C)N1CCCCC1=O.[B]. The Morgan fingerprint density at radius 1 is 1.00 bits per heavy atom. The van der Waals surface area contributed by atoms with Crippen LogP contribution in [0, 0.1) is 5.92 Å². The summed E-state index contributed by atoms with van der Waals surface area (Å²) in [5.41, 5.74) is 0. The molecule has 1 heterocycles. The Morgan fingerprint density at radius 3 is 1.65 bits per heavy atom. The fraction of sp³-hybridized carbons (Fsp3) is 0.929. The zero-order valence-electron chi connectivity index (χ0n) is 12.9. The summed E-state index contributed by atoms with van der Waals surface area (Å²) in [5.74, 6) is 1.17. The number of hydrogen-bond donors (Lipinski definition) is 0. The van der Waals surface area contributed by atoms with Crippen LogP contribution in [-0.2, 0) is 4.79 Å². The highest BCUT2D eigenvalue weighted by Crippen LogP contribution is 2.12. The van der Waals surface area contributed by atoms with Crippen molar-refractivity contribution in [3.8, 4) is 0 Å². The Bertz CT molecular complexity index is 167. The molecule has 0 saturated carbocycles. The lowest BCUT2D eigenvalue weighted by atomic mass is 10.1. The van der Waals surface area contributed by atoms with Crippen LogP contribution in [-0.4, -0.2) is 31.8 Å². The number of nitrogens with zero attached hydrogens (tertiary/aromatic N) is 1. The predicted molar refractivity (Wildman–Crippen MR) is 78.3 cm³/mol. The molecule has 3 heteroatoms. The van der Waals surface area contributed by atoms with Gasteiger partial charge in [-0.2, -0.15) is 0 Å². The summed E-state index contributed by atoms with van der Waals surface area (Å²) in [7, 11) is 0. The third kappa shape index (κ3) is 13.5. The minimum absolute atomic E-state index is 0. The Morgan fingerprint density at radius 2 is 1.41 bits per heavy atom. The van der Waals surface area contributed by atoms with E-state index >= 15 is 0 Å². The van der Waals surface area contributed by atoms with E-state index in [0.29, 0.717) is 11.9 Å². The summed E-state index contributed by atoms with van der Waals surface area (Å²) in [6.07, 6.45) is 3.03. The van der Waals surface area contributed by atoms with E-state index in [0.717, 1.165) is 25.3 Å². The van der Waals surface area contributed by atoms with E-state index in [2.05, 4.69) is 34.6 Å². The molecule has 0 spiro atoms. The van der Waals surface area contributed by atoms with Crippen molar-refractivity contribution in [2.45, 2.75) is 73.8 Å². The van der Waals surface area contributed by atoms with E-state index < -0.39 is 0 Å². The molecule has 0 aliphatic carbocycles. The molecule has 17 heavy (non-hydrogen) atoms. The monoisotopic (exact) mass is 240 g/mol. The van der Waals surface area contributed by atoms with Gasteiger partial charge in [0.05, 0.1) is 0 Å². The third-order valence-corrected chi connectivity index (χ3v) is 1.98. The number of piperidine rings is 1. The van der Waals surface area contributed by atoms with Crippen molar-refractivity contribution in [1.29, 1.82) is 0 Å². The summed E-state index contributed by atoms with van der Waals surface area (Å²) in [6.45, 7) is 15.6. The first kappa shape index (κ1) is 21.8. The standard InChI is InChI=1S/C8H15NO.C4H10.C2H6.B/c1-7(2)9-6-4-3-5-8(9)10;1-4(2)3;1-2;/h7H,3-6H2,1-2H3;4H,1-3H3;1-2H3;. The average molecular weight is 240 g/mol. The molecular weight excluding hydrogens is 209 g/mol. The molecule has 1 aliphatic rings. The van der Waals surface area contributed by atoms with Gasteiger partial charge in [0.1, 0.15) is 0 Å². The van der Waals surface area contributed by atoms with Gasteiger partial charge in [-0.05, 0) is 32.6 Å². The summed E-state index contributed by atoms with van der Waals surface area (Å²) in [6, 6.07) is 0.396. The van der Waals surface area contributed by atoms with E-state index in [1.54, 1.807) is 0 Å². The van der Waals surface area contributed by atoms with Gasteiger partial charge in [0, 0.05) is 27.4 Å². The van der Waals surface area contributed by atoms with Crippen molar-refractivity contribution in [2.24, 2.45) is 5.92 Å². The zero-order valence-corrected chi connectivity index (χ0v) is 12.9. The van der Waals surface area contributed by atoms with Crippen molar-refractivity contribution in [3.63, 3.8) is 0 Å². The van der Waals surface area contributed by atoms with Gasteiger partial charge >= 0.3 is 0 Å². The number of rotatable bonds is 1. The molecule has 0 unspecified atom stereocenters. The van der Waals surface area contributed by atoms with Crippen LogP contribution in [0.15, 0.2) is 0 Å².